The van der Waals surface area contributed by atoms with E-state index in [1.807, 2.05) is 12.1 Å². The highest BCUT2D eigenvalue weighted by Crippen LogP contribution is 2.78. The summed E-state index contributed by atoms with van der Waals surface area (Å²) in [6.45, 7) is 11.3. The van der Waals surface area contributed by atoms with E-state index < -0.39 is 39.9 Å². The number of aliphatic hydroxyl groups excluding tert-OH is 1. The van der Waals surface area contributed by atoms with E-state index >= 15 is 4.39 Å². The van der Waals surface area contributed by atoms with E-state index in [0.717, 1.165) is 37.7 Å². The van der Waals surface area contributed by atoms with Gasteiger partial charge in [0, 0.05) is 50.5 Å². The van der Waals surface area contributed by atoms with Crippen molar-refractivity contribution in [3.63, 3.8) is 0 Å². The van der Waals surface area contributed by atoms with Crippen LogP contribution in [0.3, 0.4) is 0 Å². The fourth-order valence-electron chi connectivity index (χ4n) is 13.8. The van der Waals surface area contributed by atoms with Gasteiger partial charge in [-0.15, -0.1) is 0 Å². The molecule has 1 unspecified atom stereocenters. The number of hydrogen-bond acceptors (Lipinski definition) is 7. The number of benzene rings is 2. The fourth-order valence-corrected chi connectivity index (χ4v) is 14.0. The van der Waals surface area contributed by atoms with E-state index in [-0.39, 0.29) is 65.2 Å². The Morgan fingerprint density at radius 2 is 1.70 bits per heavy atom. The maximum atomic E-state index is 15.3. The van der Waals surface area contributed by atoms with Gasteiger partial charge < -0.3 is 29.3 Å². The molecule has 4 saturated carbocycles. The van der Waals surface area contributed by atoms with Crippen LogP contribution in [0.15, 0.2) is 60.2 Å². The number of aliphatic hydroxyl groups is 2. The number of halogens is 2. The van der Waals surface area contributed by atoms with Gasteiger partial charge in [0.15, 0.2) is 5.78 Å². The molecular weight excluding hydrogens is 781 g/mol. The Labute approximate surface area is 360 Å². The highest BCUT2D eigenvalue weighted by atomic mass is 35.5. The van der Waals surface area contributed by atoms with Gasteiger partial charge >= 0.3 is 6.09 Å². The maximum absolute atomic E-state index is 15.3. The molecule has 7 aliphatic carbocycles. The maximum Gasteiger partial charge on any atom is 0.410 e. The molecular formula is C50H65ClFNO7. The zero-order valence-electron chi connectivity index (χ0n) is 36.6. The average molecular weight is 847 g/mol. The van der Waals surface area contributed by atoms with E-state index in [2.05, 4.69) is 52.8 Å². The number of allylic oxidation sites excluding steroid dienone is 4. The van der Waals surface area contributed by atoms with Gasteiger partial charge in [0.2, 0.25) is 0 Å². The molecule has 2 aromatic carbocycles. The molecule has 0 heterocycles. The number of Topliss-reactive ketones (excluding diaryl/α,β-unsaturated/α-hetero) is 1. The highest BCUT2D eigenvalue weighted by Gasteiger charge is 2.74. The third-order valence-corrected chi connectivity index (χ3v) is 17.5. The molecule has 11 atom stereocenters. The van der Waals surface area contributed by atoms with Crippen LogP contribution >= 0.6 is 11.6 Å². The van der Waals surface area contributed by atoms with Crippen LogP contribution < -0.4 is 9.47 Å². The summed E-state index contributed by atoms with van der Waals surface area (Å²) < 4.78 is 33.2. The Balaban J connectivity index is 1.18. The fraction of sp³-hybridized carbons (Fsp3) is 0.640. The van der Waals surface area contributed by atoms with Crippen LogP contribution in [-0.2, 0) is 22.5 Å². The molecule has 10 heteroatoms. The molecule has 326 valence electrons. The van der Waals surface area contributed by atoms with Crippen molar-refractivity contribution in [1.82, 2.24) is 4.90 Å². The molecule has 2 bridgehead atoms. The number of carbonyl (C=O) groups excluding carboxylic acids is 2. The second-order valence-electron chi connectivity index (χ2n) is 20.4. The summed E-state index contributed by atoms with van der Waals surface area (Å²) in [7, 11) is 3.20. The molecule has 7 aliphatic rings. The Kier molecular flexibility index (Phi) is 11.4. The van der Waals surface area contributed by atoms with E-state index in [4.69, 9.17) is 25.8 Å². The Morgan fingerprint density at radius 1 is 0.967 bits per heavy atom. The third-order valence-electron chi connectivity index (χ3n) is 17.2. The van der Waals surface area contributed by atoms with Crippen LogP contribution in [0.25, 0.3) is 0 Å². The second kappa shape index (κ2) is 15.7. The highest BCUT2D eigenvalue weighted by molar-refractivity contribution is 6.31. The molecule has 0 aliphatic heterocycles. The average Bonchev–Trinajstić information content (AvgIpc) is 3.48. The topological polar surface area (TPSA) is 106 Å². The number of fused-ring (bicyclic) bond motifs is 1. The summed E-state index contributed by atoms with van der Waals surface area (Å²) in [6.07, 6.45) is 12.8. The van der Waals surface area contributed by atoms with E-state index in [1.165, 1.54) is 6.07 Å². The van der Waals surface area contributed by atoms with Crippen LogP contribution in [0.1, 0.15) is 110 Å². The quantitative estimate of drug-likeness (QED) is 0.217. The Hall–Kier alpha value is -3.40. The molecule has 4 fully saturated rings. The first-order valence-corrected chi connectivity index (χ1v) is 22.8. The number of hydrogen-bond donors (Lipinski definition) is 2. The number of nitrogens with zero attached hydrogens (tertiary/aromatic N) is 1. The van der Waals surface area contributed by atoms with Gasteiger partial charge in [0.25, 0.3) is 0 Å². The summed E-state index contributed by atoms with van der Waals surface area (Å²) in [4.78, 5) is 31.4. The first-order valence-electron chi connectivity index (χ1n) is 22.4. The summed E-state index contributed by atoms with van der Waals surface area (Å²) in [5.41, 5.74) is -1.92. The lowest BCUT2D eigenvalue weighted by atomic mass is 9.32. The van der Waals surface area contributed by atoms with E-state index in [1.54, 1.807) is 37.3 Å². The molecule has 2 spiro atoms. The number of rotatable bonds is 11. The van der Waals surface area contributed by atoms with E-state index in [0.29, 0.717) is 61.0 Å². The molecule has 0 saturated heterocycles. The van der Waals surface area contributed by atoms with Crippen molar-refractivity contribution in [3.8, 4) is 11.5 Å². The van der Waals surface area contributed by atoms with Gasteiger partial charge in [-0.05, 0) is 117 Å². The van der Waals surface area contributed by atoms with Gasteiger partial charge in [-0.2, -0.15) is 0 Å². The standard InChI is InChI=1S/C50H65ClFNO7/c1-30(2)35-14-11-31(3)23-42(35)60-45(56)53(28-32-12-13-34(58-6)24-41(32)59-7)29-49(57)20-17-44-47(49,5)19-16-43-46(4)18-15-33(54)26-48(46)21-22-50(43,44)37(27-48)40(55)25-36-38(51)9-8-10-39(36)52/h8-10,12-13,21-22,24,27,30-31,33,35,42-44,54,57H,11,14-20,23,25-26,28-29H2,1-7H3/t31-,33?,35+,42-,43+,44+,46+,47-,48-,49+,50+/m0/s1. The number of ketones is 1. The van der Waals surface area contributed by atoms with Crippen molar-refractivity contribution in [2.45, 2.75) is 130 Å². The minimum atomic E-state index is -1.33. The van der Waals surface area contributed by atoms with Gasteiger partial charge in [-0.25, -0.2) is 9.18 Å². The van der Waals surface area contributed by atoms with Crippen LogP contribution in [0, 0.1) is 57.1 Å². The zero-order valence-corrected chi connectivity index (χ0v) is 37.3. The van der Waals surface area contributed by atoms with Crippen LogP contribution in [-0.4, -0.2) is 65.6 Å². The van der Waals surface area contributed by atoms with Crippen molar-refractivity contribution in [3.05, 3.63) is 82.2 Å². The molecule has 0 radical (unpaired) electrons. The van der Waals surface area contributed by atoms with Gasteiger partial charge in [0.05, 0.1) is 39.0 Å². The van der Waals surface area contributed by atoms with Crippen molar-refractivity contribution in [2.75, 3.05) is 20.8 Å². The van der Waals surface area contributed by atoms with Crippen molar-refractivity contribution in [2.24, 2.45) is 51.2 Å². The number of amides is 1. The molecule has 0 aromatic heterocycles. The molecule has 9 rings (SSSR count). The van der Waals surface area contributed by atoms with Gasteiger partial charge in [-0.3, -0.25) is 4.79 Å². The minimum absolute atomic E-state index is 0.0400. The van der Waals surface area contributed by atoms with Crippen LogP contribution in [0.5, 0.6) is 11.5 Å². The monoisotopic (exact) mass is 845 g/mol. The second-order valence-corrected chi connectivity index (χ2v) is 20.8. The molecule has 1 amide bonds. The van der Waals surface area contributed by atoms with Crippen molar-refractivity contribution < 1.29 is 38.4 Å². The summed E-state index contributed by atoms with van der Waals surface area (Å²) in [5.74, 6) is 1.47. The number of ether oxygens (including phenoxy) is 3. The lowest BCUT2D eigenvalue weighted by Crippen LogP contribution is -2.67. The lowest BCUT2D eigenvalue weighted by Gasteiger charge is -2.71. The largest absolute Gasteiger partial charge is 0.497 e. The van der Waals surface area contributed by atoms with Gasteiger partial charge in [-0.1, -0.05) is 76.9 Å². The van der Waals surface area contributed by atoms with E-state index in [9.17, 15) is 19.8 Å². The van der Waals surface area contributed by atoms with Crippen molar-refractivity contribution >= 4 is 23.5 Å². The number of methoxy groups -OCH3 is 2. The summed E-state index contributed by atoms with van der Waals surface area (Å²) >= 11 is 6.54. The zero-order chi connectivity index (χ0) is 43.0. The third kappa shape index (κ3) is 6.74. The first-order chi connectivity index (χ1) is 28.4. The molecule has 60 heavy (non-hydrogen) atoms. The summed E-state index contributed by atoms with van der Waals surface area (Å²) in [6, 6.07) is 10.1. The Morgan fingerprint density at radius 3 is 2.42 bits per heavy atom. The molecule has 2 N–H and O–H groups in total. The minimum Gasteiger partial charge on any atom is -0.497 e. The van der Waals surface area contributed by atoms with Crippen molar-refractivity contribution in [1.29, 1.82) is 0 Å². The lowest BCUT2D eigenvalue weighted by molar-refractivity contribution is -0.178. The SMILES string of the molecule is COc1ccc(CN(C[C@]2(O)CC[C@H]3[C@]45C=C[C@@]6(C=C4C(=O)Cc4c(F)cccc4Cl)CC(O)CC[C@]6(C)[C@H]5CC[C@@]32C)C(=O)O[C@H]2C[C@@H](C)CC[C@@H]2C(C)C)c(OC)c1. The van der Waals surface area contributed by atoms with Gasteiger partial charge in [0.1, 0.15) is 23.4 Å². The normalized spacial score (nSPS) is 37.8. The molecule has 8 nitrogen and oxygen atoms in total. The number of carbonyl (C=O) groups is 2. The predicted octanol–water partition coefficient (Wildman–Crippen LogP) is 10.3. The smallest absolute Gasteiger partial charge is 0.410 e. The van der Waals surface area contributed by atoms with Crippen LogP contribution in [0.4, 0.5) is 9.18 Å². The molecule has 2 aromatic rings. The summed E-state index contributed by atoms with van der Waals surface area (Å²) in [5, 5.41) is 24.7. The first kappa shape index (κ1) is 43.3. The van der Waals surface area contributed by atoms with Crippen LogP contribution in [0.2, 0.25) is 5.02 Å². The predicted molar refractivity (Wildman–Crippen MR) is 230 cm³/mol. The Bertz CT molecular complexity index is 2050.